The van der Waals surface area contributed by atoms with E-state index in [0.29, 0.717) is 13.1 Å². The van der Waals surface area contributed by atoms with Crippen LogP contribution in [0.25, 0.3) is 0 Å². The van der Waals surface area contributed by atoms with Gasteiger partial charge in [0.2, 0.25) is 0 Å². The summed E-state index contributed by atoms with van der Waals surface area (Å²) in [6.07, 6.45) is 0. The van der Waals surface area contributed by atoms with Gasteiger partial charge in [0.1, 0.15) is 0 Å². The predicted molar refractivity (Wildman–Crippen MR) is 38.2 cm³/mol. The van der Waals surface area contributed by atoms with Crippen LogP contribution in [0.3, 0.4) is 0 Å². The van der Waals surface area contributed by atoms with E-state index in [9.17, 15) is 0 Å². The number of hydrogen-bond acceptors (Lipinski definition) is 3. The van der Waals surface area contributed by atoms with Crippen molar-refractivity contribution in [1.82, 2.24) is 5.32 Å². The third-order valence-electron chi connectivity index (χ3n) is 1.23. The molecule has 0 aliphatic rings. The Hall–Kier alpha value is -0.120. The van der Waals surface area contributed by atoms with Crippen molar-refractivity contribution < 1.29 is 5.11 Å². The first-order chi connectivity index (χ1) is 4.12. The van der Waals surface area contributed by atoms with Gasteiger partial charge in [-0.2, -0.15) is 0 Å². The fourth-order valence-corrected chi connectivity index (χ4v) is 0.466. The summed E-state index contributed by atoms with van der Waals surface area (Å²) in [5, 5.41) is 11.5. The maximum atomic E-state index is 8.42. The van der Waals surface area contributed by atoms with Gasteiger partial charge in [0, 0.05) is 18.6 Å². The molecule has 0 unspecified atom stereocenters. The van der Waals surface area contributed by atoms with Gasteiger partial charge in [-0.05, 0) is 13.8 Å². The molecule has 0 aromatic carbocycles. The Morgan fingerprint density at radius 2 is 2.11 bits per heavy atom. The molecule has 0 atom stereocenters. The van der Waals surface area contributed by atoms with Crippen LogP contribution in [0, 0.1) is 0 Å². The average Bonchev–Trinajstić information content (AvgIpc) is 1.84. The number of hydrogen-bond donors (Lipinski definition) is 3. The van der Waals surface area contributed by atoms with Gasteiger partial charge in [-0.15, -0.1) is 0 Å². The third-order valence-corrected chi connectivity index (χ3v) is 1.23. The van der Waals surface area contributed by atoms with Crippen molar-refractivity contribution >= 4 is 0 Å². The second-order valence-corrected chi connectivity index (χ2v) is 2.74. The first-order valence-corrected chi connectivity index (χ1v) is 3.18. The SMILES string of the molecule is CC(C)(CN)NCCO. The van der Waals surface area contributed by atoms with Gasteiger partial charge in [-0.1, -0.05) is 0 Å². The Morgan fingerprint density at radius 1 is 1.56 bits per heavy atom. The quantitative estimate of drug-likeness (QED) is 0.474. The molecule has 0 aliphatic carbocycles. The zero-order valence-corrected chi connectivity index (χ0v) is 6.15. The third kappa shape index (κ3) is 4.39. The second-order valence-electron chi connectivity index (χ2n) is 2.74. The summed E-state index contributed by atoms with van der Waals surface area (Å²) in [7, 11) is 0. The Balaban J connectivity index is 3.33. The largest absolute Gasteiger partial charge is 0.395 e. The fourth-order valence-electron chi connectivity index (χ4n) is 0.466. The number of nitrogens with one attached hydrogen (secondary N) is 1. The molecular weight excluding hydrogens is 116 g/mol. The maximum absolute atomic E-state index is 8.42. The Labute approximate surface area is 56.2 Å². The summed E-state index contributed by atoms with van der Waals surface area (Å²) in [6, 6.07) is 0. The molecule has 0 radical (unpaired) electrons. The molecule has 0 spiro atoms. The van der Waals surface area contributed by atoms with Crippen LogP contribution in [0.15, 0.2) is 0 Å². The molecule has 3 heteroatoms. The Morgan fingerprint density at radius 3 is 2.44 bits per heavy atom. The van der Waals surface area contributed by atoms with Crippen molar-refractivity contribution in [1.29, 1.82) is 0 Å². The van der Waals surface area contributed by atoms with Crippen LogP contribution in [0.1, 0.15) is 13.8 Å². The first kappa shape index (κ1) is 8.88. The molecule has 4 N–H and O–H groups in total. The highest BCUT2D eigenvalue weighted by Gasteiger charge is 2.12. The van der Waals surface area contributed by atoms with Crippen LogP contribution in [0.2, 0.25) is 0 Å². The van der Waals surface area contributed by atoms with Crippen LogP contribution in [-0.4, -0.2) is 30.3 Å². The van der Waals surface area contributed by atoms with Crippen molar-refractivity contribution in [3.8, 4) is 0 Å². The summed E-state index contributed by atoms with van der Waals surface area (Å²) in [5.41, 5.74) is 5.36. The zero-order chi connectivity index (χ0) is 7.33. The average molecular weight is 132 g/mol. The highest BCUT2D eigenvalue weighted by atomic mass is 16.3. The molecule has 56 valence electrons. The molecule has 0 fully saturated rings. The van der Waals surface area contributed by atoms with E-state index in [1.54, 1.807) is 0 Å². The normalized spacial score (nSPS) is 12.0. The lowest BCUT2D eigenvalue weighted by atomic mass is 10.1. The topological polar surface area (TPSA) is 58.3 Å². The molecule has 3 nitrogen and oxygen atoms in total. The van der Waals surface area contributed by atoms with E-state index in [1.165, 1.54) is 0 Å². The molecule has 0 saturated carbocycles. The molecule has 0 amide bonds. The van der Waals surface area contributed by atoms with E-state index in [0.717, 1.165) is 0 Å². The van der Waals surface area contributed by atoms with E-state index in [2.05, 4.69) is 5.32 Å². The van der Waals surface area contributed by atoms with Crippen molar-refractivity contribution in [3.63, 3.8) is 0 Å². The van der Waals surface area contributed by atoms with Gasteiger partial charge in [0.05, 0.1) is 6.61 Å². The summed E-state index contributed by atoms with van der Waals surface area (Å²) >= 11 is 0. The number of rotatable bonds is 4. The number of nitrogens with two attached hydrogens (primary N) is 1. The van der Waals surface area contributed by atoms with Gasteiger partial charge in [-0.3, -0.25) is 0 Å². The lowest BCUT2D eigenvalue weighted by molar-refractivity contribution is 0.268. The molecule has 0 aliphatic heterocycles. The van der Waals surface area contributed by atoms with Crippen LogP contribution in [0.4, 0.5) is 0 Å². The van der Waals surface area contributed by atoms with Crippen LogP contribution in [0.5, 0.6) is 0 Å². The minimum Gasteiger partial charge on any atom is -0.395 e. The lowest BCUT2D eigenvalue weighted by Crippen LogP contribution is -2.46. The van der Waals surface area contributed by atoms with Crippen molar-refractivity contribution in [2.45, 2.75) is 19.4 Å². The minimum atomic E-state index is -0.0390. The van der Waals surface area contributed by atoms with E-state index >= 15 is 0 Å². The lowest BCUT2D eigenvalue weighted by Gasteiger charge is -2.23. The number of β-amino-alcohol motifs (C(OH)–C–C–N with tert-alkyl or cyclic N) is 1. The summed E-state index contributed by atoms with van der Waals surface area (Å²) in [5.74, 6) is 0. The molecule has 0 bridgehead atoms. The Bertz CT molecular complexity index is 73.5. The van der Waals surface area contributed by atoms with E-state index < -0.39 is 0 Å². The van der Waals surface area contributed by atoms with Gasteiger partial charge in [-0.25, -0.2) is 0 Å². The maximum Gasteiger partial charge on any atom is 0.0556 e. The highest BCUT2D eigenvalue weighted by Crippen LogP contribution is 1.95. The Kier molecular flexibility index (Phi) is 3.77. The predicted octanol–water partition coefficient (Wildman–Crippen LogP) is -0.694. The number of aliphatic hydroxyl groups is 1. The minimum absolute atomic E-state index is 0.0390. The van der Waals surface area contributed by atoms with Crippen molar-refractivity contribution in [2.24, 2.45) is 5.73 Å². The van der Waals surface area contributed by atoms with Gasteiger partial charge < -0.3 is 16.2 Å². The van der Waals surface area contributed by atoms with Gasteiger partial charge >= 0.3 is 0 Å². The van der Waals surface area contributed by atoms with Crippen LogP contribution in [-0.2, 0) is 0 Å². The molecule has 9 heavy (non-hydrogen) atoms. The summed E-state index contributed by atoms with van der Waals surface area (Å²) in [4.78, 5) is 0. The van der Waals surface area contributed by atoms with Crippen LogP contribution >= 0.6 is 0 Å². The summed E-state index contributed by atoms with van der Waals surface area (Å²) in [6.45, 7) is 5.38. The first-order valence-electron chi connectivity index (χ1n) is 3.18. The van der Waals surface area contributed by atoms with E-state index in [-0.39, 0.29) is 12.1 Å². The molecule has 0 aromatic rings. The van der Waals surface area contributed by atoms with Crippen LogP contribution < -0.4 is 11.1 Å². The smallest absolute Gasteiger partial charge is 0.0556 e. The van der Waals surface area contributed by atoms with Crippen molar-refractivity contribution in [3.05, 3.63) is 0 Å². The molecule has 0 saturated heterocycles. The van der Waals surface area contributed by atoms with Crippen molar-refractivity contribution in [2.75, 3.05) is 19.7 Å². The zero-order valence-electron chi connectivity index (χ0n) is 6.15. The standard InChI is InChI=1S/C6H16N2O/c1-6(2,5-7)8-3-4-9/h8-9H,3-5,7H2,1-2H3. The van der Waals surface area contributed by atoms with E-state index in [4.69, 9.17) is 10.8 Å². The second kappa shape index (κ2) is 3.82. The van der Waals surface area contributed by atoms with Gasteiger partial charge in [0.15, 0.2) is 0 Å². The highest BCUT2D eigenvalue weighted by molar-refractivity contribution is 4.77. The summed E-state index contributed by atoms with van der Waals surface area (Å²) < 4.78 is 0. The molecule has 0 heterocycles. The number of aliphatic hydroxyl groups excluding tert-OH is 1. The fraction of sp³-hybridized carbons (Fsp3) is 1.00. The monoisotopic (exact) mass is 132 g/mol. The molecule has 0 rings (SSSR count). The van der Waals surface area contributed by atoms with Gasteiger partial charge in [0.25, 0.3) is 0 Å². The molecular formula is C6H16N2O. The van der Waals surface area contributed by atoms with E-state index in [1.807, 2.05) is 13.8 Å². The molecule has 0 aromatic heterocycles.